The first kappa shape index (κ1) is 18.8. The van der Waals surface area contributed by atoms with E-state index in [9.17, 15) is 4.79 Å². The van der Waals surface area contributed by atoms with E-state index in [1.807, 2.05) is 13.8 Å². The Labute approximate surface area is 153 Å². The second-order valence-electron chi connectivity index (χ2n) is 5.11. The van der Waals surface area contributed by atoms with Crippen LogP contribution in [0, 0.1) is 6.92 Å². The summed E-state index contributed by atoms with van der Waals surface area (Å²) in [6.45, 7) is 5.35. The smallest absolute Gasteiger partial charge is 0.296 e. The van der Waals surface area contributed by atoms with Crippen molar-refractivity contribution < 1.29 is 4.74 Å². The average Bonchev–Trinajstić information content (AvgIpc) is 2.52. The van der Waals surface area contributed by atoms with Crippen LogP contribution in [0.4, 0.5) is 0 Å². The van der Waals surface area contributed by atoms with E-state index in [0.29, 0.717) is 26.5 Å². The summed E-state index contributed by atoms with van der Waals surface area (Å²) in [5, 5.41) is 13.1. The highest BCUT2D eigenvalue weighted by molar-refractivity contribution is 7.98. The number of hydrogen-bond donors (Lipinski definition) is 0. The lowest BCUT2D eigenvalue weighted by molar-refractivity contribution is 0.243. The summed E-state index contributed by atoms with van der Waals surface area (Å²) in [5.41, 5.74) is 0.568. The maximum Gasteiger partial charge on any atom is 0.296 e. The Hall–Kier alpha value is -1.57. The van der Waals surface area contributed by atoms with Crippen LogP contribution in [0.3, 0.4) is 0 Å². The number of aryl methyl sites for hydroxylation is 1. The number of hydrogen-bond acceptors (Lipinski definition) is 6. The first-order valence-electron chi connectivity index (χ1n) is 7.03. The van der Waals surface area contributed by atoms with Crippen LogP contribution in [0.25, 0.3) is 0 Å². The molecule has 6 nitrogen and oxygen atoms in total. The number of nitrogens with zero attached hydrogens (tertiary/aromatic N) is 4. The van der Waals surface area contributed by atoms with E-state index in [2.05, 4.69) is 15.3 Å². The number of rotatable bonds is 5. The van der Waals surface area contributed by atoms with Gasteiger partial charge < -0.3 is 4.74 Å². The van der Waals surface area contributed by atoms with Crippen LogP contribution in [0.5, 0.6) is 5.75 Å². The van der Waals surface area contributed by atoms with Gasteiger partial charge in [0.15, 0.2) is 5.75 Å². The van der Waals surface area contributed by atoms with Gasteiger partial charge in [-0.05, 0) is 44.7 Å². The van der Waals surface area contributed by atoms with E-state index in [4.69, 9.17) is 27.9 Å². The maximum atomic E-state index is 12.1. The van der Waals surface area contributed by atoms with Crippen molar-refractivity contribution in [2.24, 2.45) is 5.10 Å². The van der Waals surface area contributed by atoms with E-state index >= 15 is 0 Å². The molecule has 0 aliphatic rings. The van der Waals surface area contributed by atoms with Crippen LogP contribution >= 0.6 is 35.0 Å². The Morgan fingerprint density at radius 3 is 2.46 bits per heavy atom. The molecule has 1 heterocycles. The molecule has 0 saturated carbocycles. The van der Waals surface area contributed by atoms with E-state index < -0.39 is 0 Å². The minimum Gasteiger partial charge on any atom is -0.488 e. The van der Waals surface area contributed by atoms with Crippen molar-refractivity contribution in [3.05, 3.63) is 43.8 Å². The molecule has 0 bridgehead atoms. The summed E-state index contributed by atoms with van der Waals surface area (Å²) >= 11 is 13.7. The molecule has 128 valence electrons. The third-order valence-electron chi connectivity index (χ3n) is 2.85. The molecule has 0 aliphatic heterocycles. The Bertz CT molecular complexity index is 814. The first-order valence-corrected chi connectivity index (χ1v) is 9.02. The Morgan fingerprint density at radius 1 is 1.29 bits per heavy atom. The molecular weight excluding hydrogens is 371 g/mol. The predicted molar refractivity (Wildman–Crippen MR) is 98.0 cm³/mol. The minimum absolute atomic E-state index is 0.0481. The van der Waals surface area contributed by atoms with E-state index in [1.165, 1.54) is 22.7 Å². The van der Waals surface area contributed by atoms with Crippen molar-refractivity contribution in [3.63, 3.8) is 0 Å². The van der Waals surface area contributed by atoms with Crippen molar-refractivity contribution >= 4 is 41.2 Å². The molecule has 0 aliphatic carbocycles. The monoisotopic (exact) mass is 386 g/mol. The van der Waals surface area contributed by atoms with Crippen LogP contribution in [0.15, 0.2) is 27.2 Å². The number of benzene rings is 1. The minimum atomic E-state index is -0.331. The summed E-state index contributed by atoms with van der Waals surface area (Å²) in [6, 6.07) is 3.33. The normalized spacial score (nSPS) is 11.5. The number of aromatic nitrogens is 3. The predicted octanol–water partition coefficient (Wildman–Crippen LogP) is 3.64. The lowest BCUT2D eigenvalue weighted by atomic mass is 10.2. The fourth-order valence-corrected chi connectivity index (χ4v) is 2.82. The van der Waals surface area contributed by atoms with E-state index in [1.54, 1.807) is 25.3 Å². The molecule has 0 unspecified atom stereocenters. The van der Waals surface area contributed by atoms with Gasteiger partial charge in [0.2, 0.25) is 5.16 Å². The molecule has 0 atom stereocenters. The highest BCUT2D eigenvalue weighted by atomic mass is 35.5. The molecule has 0 N–H and O–H groups in total. The van der Waals surface area contributed by atoms with Gasteiger partial charge >= 0.3 is 0 Å². The molecular formula is C15H16Cl2N4O2S. The van der Waals surface area contributed by atoms with Gasteiger partial charge in [0, 0.05) is 0 Å². The van der Waals surface area contributed by atoms with Crippen LogP contribution < -0.4 is 10.3 Å². The largest absolute Gasteiger partial charge is 0.488 e. The van der Waals surface area contributed by atoms with Crippen LogP contribution in [-0.4, -0.2) is 33.4 Å². The number of thioether (sulfide) groups is 1. The van der Waals surface area contributed by atoms with Gasteiger partial charge in [-0.25, -0.2) is 0 Å². The molecule has 1 aromatic heterocycles. The van der Waals surface area contributed by atoms with Crippen molar-refractivity contribution in [3.8, 4) is 5.75 Å². The summed E-state index contributed by atoms with van der Waals surface area (Å²) in [4.78, 5) is 12.1. The van der Waals surface area contributed by atoms with Gasteiger partial charge in [0.25, 0.3) is 5.56 Å². The van der Waals surface area contributed by atoms with Crippen LogP contribution in [0.2, 0.25) is 10.0 Å². The van der Waals surface area contributed by atoms with Crippen molar-refractivity contribution in [1.82, 2.24) is 14.9 Å². The topological polar surface area (TPSA) is 69.4 Å². The second kappa shape index (κ2) is 8.00. The fraction of sp³-hybridized carbons (Fsp3) is 0.333. The van der Waals surface area contributed by atoms with Gasteiger partial charge in [-0.3, -0.25) is 4.79 Å². The SMILES string of the molecule is CSc1nnc(C)c(=O)n1/N=C\c1cc(Cl)c(OC(C)C)c(Cl)c1. The molecule has 0 saturated heterocycles. The van der Waals surface area contributed by atoms with Gasteiger partial charge in [-0.1, -0.05) is 35.0 Å². The number of halogens is 2. The molecule has 0 amide bonds. The zero-order valence-corrected chi connectivity index (χ0v) is 15.9. The summed E-state index contributed by atoms with van der Waals surface area (Å²) in [6.07, 6.45) is 3.23. The molecule has 9 heteroatoms. The third kappa shape index (κ3) is 4.28. The van der Waals surface area contributed by atoms with Gasteiger partial charge in [0.1, 0.15) is 5.69 Å². The van der Waals surface area contributed by atoms with Crippen molar-refractivity contribution in [2.45, 2.75) is 32.0 Å². The lowest BCUT2D eigenvalue weighted by Crippen LogP contribution is -2.23. The van der Waals surface area contributed by atoms with Crippen molar-refractivity contribution in [2.75, 3.05) is 6.26 Å². The van der Waals surface area contributed by atoms with E-state index in [-0.39, 0.29) is 17.4 Å². The molecule has 0 fully saturated rings. The summed E-state index contributed by atoms with van der Waals surface area (Å²) in [5.74, 6) is 0.425. The Morgan fingerprint density at radius 2 is 1.92 bits per heavy atom. The van der Waals surface area contributed by atoms with Crippen molar-refractivity contribution in [1.29, 1.82) is 0 Å². The standard InChI is InChI=1S/C15H16Cl2N4O2S/c1-8(2)23-13-11(16)5-10(6-12(13)17)7-18-21-14(22)9(3)19-20-15(21)24-4/h5-8H,1-4H3/b18-7-. The molecule has 1 aromatic carbocycles. The highest BCUT2D eigenvalue weighted by Gasteiger charge is 2.11. The molecule has 0 spiro atoms. The summed E-state index contributed by atoms with van der Waals surface area (Å²) in [7, 11) is 0. The summed E-state index contributed by atoms with van der Waals surface area (Å²) < 4.78 is 6.77. The molecule has 2 aromatic rings. The quantitative estimate of drug-likeness (QED) is 0.579. The van der Waals surface area contributed by atoms with Gasteiger partial charge in [0.05, 0.1) is 22.4 Å². The van der Waals surface area contributed by atoms with Gasteiger partial charge in [-0.2, -0.15) is 9.78 Å². The average molecular weight is 387 g/mol. The first-order chi connectivity index (χ1) is 11.3. The molecule has 24 heavy (non-hydrogen) atoms. The van der Waals surface area contributed by atoms with Crippen LogP contribution in [-0.2, 0) is 0 Å². The molecule has 2 rings (SSSR count). The molecule has 0 radical (unpaired) electrons. The van der Waals surface area contributed by atoms with Crippen LogP contribution in [0.1, 0.15) is 25.1 Å². The van der Waals surface area contributed by atoms with E-state index in [0.717, 1.165) is 0 Å². The third-order valence-corrected chi connectivity index (χ3v) is 4.03. The Kier molecular flexibility index (Phi) is 6.26. The lowest BCUT2D eigenvalue weighted by Gasteiger charge is -2.13. The fourth-order valence-electron chi connectivity index (χ4n) is 1.80. The number of ether oxygens (including phenoxy) is 1. The second-order valence-corrected chi connectivity index (χ2v) is 6.70. The zero-order valence-electron chi connectivity index (χ0n) is 13.6. The van der Waals surface area contributed by atoms with Gasteiger partial charge in [-0.15, -0.1) is 10.2 Å². The highest BCUT2D eigenvalue weighted by Crippen LogP contribution is 2.34. The maximum absolute atomic E-state index is 12.1. The zero-order chi connectivity index (χ0) is 17.9. The Balaban J connectivity index is 2.41.